The summed E-state index contributed by atoms with van der Waals surface area (Å²) in [7, 11) is 0. The molecule has 0 saturated carbocycles. The van der Waals surface area contributed by atoms with Crippen molar-refractivity contribution in [2.24, 2.45) is 0 Å². The molecule has 0 fully saturated rings. The van der Waals surface area contributed by atoms with Crippen LogP contribution in [0.3, 0.4) is 0 Å². The van der Waals surface area contributed by atoms with Crippen molar-refractivity contribution in [1.82, 2.24) is 9.55 Å². The van der Waals surface area contributed by atoms with Crippen LogP contribution in [0, 0.1) is 0 Å². The van der Waals surface area contributed by atoms with Crippen molar-refractivity contribution in [3.8, 4) is 0 Å². The first-order valence-corrected chi connectivity index (χ1v) is 6.41. The van der Waals surface area contributed by atoms with Gasteiger partial charge in [0.1, 0.15) is 5.82 Å². The molecule has 0 bridgehead atoms. The zero-order valence-electron chi connectivity index (χ0n) is 9.54. The summed E-state index contributed by atoms with van der Waals surface area (Å²) >= 11 is 1.60. The van der Waals surface area contributed by atoms with E-state index in [1.54, 1.807) is 17.4 Å². The predicted octanol–water partition coefficient (Wildman–Crippen LogP) is 2.09. The molecule has 0 unspecified atom stereocenters. The van der Waals surface area contributed by atoms with Gasteiger partial charge in [-0.25, -0.2) is 4.79 Å². The zero-order chi connectivity index (χ0) is 12.5. The number of anilines is 1. The minimum absolute atomic E-state index is 0.306. The number of hydrogen-bond acceptors (Lipinski definition) is 4. The normalized spacial score (nSPS) is 10.9. The molecule has 0 aliphatic heterocycles. The Labute approximate surface area is 107 Å². The maximum Gasteiger partial charge on any atom is 0.350 e. The first-order valence-electron chi connectivity index (χ1n) is 5.53. The highest BCUT2D eigenvalue weighted by Gasteiger charge is 2.08. The van der Waals surface area contributed by atoms with Gasteiger partial charge in [-0.1, -0.05) is 18.2 Å². The highest BCUT2D eigenvalue weighted by molar-refractivity contribution is 7.09. The molecule has 0 amide bonds. The van der Waals surface area contributed by atoms with Gasteiger partial charge in [0.05, 0.1) is 12.1 Å². The van der Waals surface area contributed by atoms with Gasteiger partial charge in [0.25, 0.3) is 0 Å². The average Bonchev–Trinajstić information content (AvgIpc) is 2.87. The van der Waals surface area contributed by atoms with Gasteiger partial charge >= 0.3 is 5.69 Å². The van der Waals surface area contributed by atoms with Crippen molar-refractivity contribution < 1.29 is 0 Å². The van der Waals surface area contributed by atoms with Gasteiger partial charge in [0.15, 0.2) is 0 Å². The van der Waals surface area contributed by atoms with Gasteiger partial charge in [-0.2, -0.15) is 4.98 Å². The maximum atomic E-state index is 12.0. The van der Waals surface area contributed by atoms with E-state index in [1.165, 1.54) is 4.57 Å². The summed E-state index contributed by atoms with van der Waals surface area (Å²) in [6.07, 6.45) is 0. The van der Waals surface area contributed by atoms with Crippen molar-refractivity contribution >= 4 is 28.1 Å². The summed E-state index contributed by atoms with van der Waals surface area (Å²) in [5, 5.41) is 2.79. The van der Waals surface area contributed by atoms with Crippen molar-refractivity contribution in [1.29, 1.82) is 0 Å². The molecule has 0 saturated heterocycles. The lowest BCUT2D eigenvalue weighted by Crippen LogP contribution is -2.25. The third kappa shape index (κ3) is 1.78. The van der Waals surface area contributed by atoms with Crippen LogP contribution in [-0.4, -0.2) is 9.55 Å². The maximum absolute atomic E-state index is 12.0. The lowest BCUT2D eigenvalue weighted by molar-refractivity contribution is 0.759. The zero-order valence-corrected chi connectivity index (χ0v) is 10.4. The summed E-state index contributed by atoms with van der Waals surface area (Å²) in [5.74, 6) is 0.471. The Bertz CT molecular complexity index is 747. The molecule has 5 heteroatoms. The number of hydrogen-bond donors (Lipinski definition) is 1. The molecule has 0 aliphatic carbocycles. The molecule has 4 nitrogen and oxygen atoms in total. The lowest BCUT2D eigenvalue weighted by Gasteiger charge is -2.09. The van der Waals surface area contributed by atoms with Crippen LogP contribution >= 0.6 is 11.3 Å². The summed E-state index contributed by atoms with van der Waals surface area (Å²) in [4.78, 5) is 17.1. The van der Waals surface area contributed by atoms with Crippen LogP contribution in [0.25, 0.3) is 10.9 Å². The number of benzene rings is 1. The fourth-order valence-corrected chi connectivity index (χ4v) is 2.60. The van der Waals surface area contributed by atoms with Crippen LogP contribution in [0.4, 0.5) is 5.82 Å². The summed E-state index contributed by atoms with van der Waals surface area (Å²) in [6.45, 7) is 0.472. The average molecular weight is 257 g/mol. The van der Waals surface area contributed by atoms with Crippen LogP contribution < -0.4 is 11.4 Å². The van der Waals surface area contributed by atoms with E-state index in [2.05, 4.69) is 4.98 Å². The second-order valence-corrected chi connectivity index (χ2v) is 4.99. The van der Waals surface area contributed by atoms with Gasteiger partial charge in [-0.05, 0) is 23.6 Å². The summed E-state index contributed by atoms with van der Waals surface area (Å²) < 4.78 is 1.51. The number of rotatable bonds is 2. The van der Waals surface area contributed by atoms with Crippen molar-refractivity contribution in [3.05, 3.63) is 57.1 Å². The summed E-state index contributed by atoms with van der Waals surface area (Å²) in [5.41, 5.74) is 6.40. The van der Waals surface area contributed by atoms with E-state index in [0.29, 0.717) is 17.9 Å². The molecule has 0 aliphatic rings. The molecule has 1 aromatic carbocycles. The molecule has 0 atom stereocenters. The Morgan fingerprint density at radius 3 is 2.83 bits per heavy atom. The van der Waals surface area contributed by atoms with E-state index in [1.807, 2.05) is 35.7 Å². The largest absolute Gasteiger partial charge is 0.384 e. The lowest BCUT2D eigenvalue weighted by atomic mass is 10.2. The van der Waals surface area contributed by atoms with Crippen LogP contribution in [0.15, 0.2) is 46.6 Å². The molecular formula is C13H11N3OS. The number of nitrogen functional groups attached to an aromatic ring is 1. The smallest absolute Gasteiger partial charge is 0.350 e. The molecule has 18 heavy (non-hydrogen) atoms. The van der Waals surface area contributed by atoms with Gasteiger partial charge in [0, 0.05) is 10.3 Å². The predicted molar refractivity (Wildman–Crippen MR) is 73.8 cm³/mol. The number of fused-ring (bicyclic) bond motifs is 1. The number of nitrogens with zero attached hydrogens (tertiary/aromatic N) is 2. The first-order chi connectivity index (χ1) is 8.75. The van der Waals surface area contributed by atoms with E-state index in [9.17, 15) is 4.79 Å². The van der Waals surface area contributed by atoms with Gasteiger partial charge in [-0.3, -0.25) is 4.57 Å². The molecule has 2 heterocycles. The fourth-order valence-electron chi connectivity index (χ4n) is 1.91. The minimum atomic E-state index is -0.306. The SMILES string of the molecule is Nc1c2ccccc2nc(=O)n1Cc1cccs1. The molecule has 2 aromatic heterocycles. The highest BCUT2D eigenvalue weighted by atomic mass is 32.1. The van der Waals surface area contributed by atoms with Crippen LogP contribution in [0.2, 0.25) is 0 Å². The molecule has 90 valence electrons. The minimum Gasteiger partial charge on any atom is -0.384 e. The molecule has 0 spiro atoms. The van der Waals surface area contributed by atoms with E-state index >= 15 is 0 Å². The molecule has 0 radical (unpaired) electrons. The second-order valence-electron chi connectivity index (χ2n) is 3.96. The van der Waals surface area contributed by atoms with Gasteiger partial charge < -0.3 is 5.73 Å². The molecule has 3 aromatic rings. The number of aromatic nitrogens is 2. The molecule has 3 rings (SSSR count). The van der Waals surface area contributed by atoms with Crippen LogP contribution in [-0.2, 0) is 6.54 Å². The number of nitrogens with two attached hydrogens (primary N) is 1. The number of thiophene rings is 1. The van der Waals surface area contributed by atoms with Crippen LogP contribution in [0.1, 0.15) is 4.88 Å². The Hall–Kier alpha value is -2.14. The Morgan fingerprint density at radius 2 is 2.06 bits per heavy atom. The van der Waals surface area contributed by atoms with Crippen molar-refractivity contribution in [3.63, 3.8) is 0 Å². The fraction of sp³-hybridized carbons (Fsp3) is 0.0769. The molecule has 2 N–H and O–H groups in total. The van der Waals surface area contributed by atoms with Gasteiger partial charge in [-0.15, -0.1) is 11.3 Å². The standard InChI is InChI=1S/C13H11N3OS/c14-12-10-5-1-2-6-11(10)15-13(17)16(12)8-9-4-3-7-18-9/h1-7H,8,14H2. The van der Waals surface area contributed by atoms with Crippen molar-refractivity contribution in [2.45, 2.75) is 6.54 Å². The second kappa shape index (κ2) is 4.27. The van der Waals surface area contributed by atoms with E-state index in [-0.39, 0.29) is 5.69 Å². The Morgan fingerprint density at radius 1 is 1.22 bits per heavy atom. The van der Waals surface area contributed by atoms with E-state index in [0.717, 1.165) is 10.3 Å². The van der Waals surface area contributed by atoms with E-state index in [4.69, 9.17) is 5.73 Å². The van der Waals surface area contributed by atoms with E-state index < -0.39 is 0 Å². The number of para-hydroxylation sites is 1. The highest BCUT2D eigenvalue weighted by Crippen LogP contribution is 2.18. The van der Waals surface area contributed by atoms with Crippen molar-refractivity contribution in [2.75, 3.05) is 5.73 Å². The van der Waals surface area contributed by atoms with Crippen LogP contribution in [0.5, 0.6) is 0 Å². The first kappa shape index (κ1) is 11.0. The topological polar surface area (TPSA) is 60.9 Å². The third-order valence-corrected chi connectivity index (χ3v) is 3.67. The third-order valence-electron chi connectivity index (χ3n) is 2.81. The summed E-state index contributed by atoms with van der Waals surface area (Å²) in [6, 6.07) is 11.3. The monoisotopic (exact) mass is 257 g/mol. The Balaban J connectivity index is 2.20. The Kier molecular flexibility index (Phi) is 2.60. The quantitative estimate of drug-likeness (QED) is 0.764. The molecular weight excluding hydrogens is 246 g/mol. The van der Waals surface area contributed by atoms with Gasteiger partial charge in [0.2, 0.25) is 0 Å².